The first-order valence-corrected chi connectivity index (χ1v) is 5.14. The SMILES string of the molecule is NCC1(NC(=O)c2cc(F)c(F)c(F)c2)CC1. The van der Waals surface area contributed by atoms with Gasteiger partial charge in [0.2, 0.25) is 0 Å². The van der Waals surface area contributed by atoms with E-state index < -0.39 is 28.9 Å². The zero-order chi connectivity index (χ0) is 12.6. The van der Waals surface area contributed by atoms with Gasteiger partial charge in [0.15, 0.2) is 17.5 Å². The molecule has 0 saturated heterocycles. The maximum atomic E-state index is 12.9. The molecule has 1 amide bonds. The van der Waals surface area contributed by atoms with Crippen LogP contribution in [0.25, 0.3) is 0 Å². The van der Waals surface area contributed by atoms with Gasteiger partial charge in [-0.15, -0.1) is 0 Å². The third-order valence-electron chi connectivity index (χ3n) is 2.87. The van der Waals surface area contributed by atoms with Gasteiger partial charge in [0, 0.05) is 12.1 Å². The molecule has 1 aliphatic rings. The molecule has 92 valence electrons. The van der Waals surface area contributed by atoms with Crippen molar-refractivity contribution in [3.63, 3.8) is 0 Å². The summed E-state index contributed by atoms with van der Waals surface area (Å²) in [4.78, 5) is 11.7. The van der Waals surface area contributed by atoms with Crippen LogP contribution in [0.1, 0.15) is 23.2 Å². The Labute approximate surface area is 95.8 Å². The molecule has 0 spiro atoms. The molecule has 0 bridgehead atoms. The zero-order valence-electron chi connectivity index (χ0n) is 8.90. The standard InChI is InChI=1S/C11H11F3N2O/c12-7-3-6(4-8(13)9(7)14)10(17)16-11(5-15)1-2-11/h3-4H,1-2,5,15H2,(H,16,17). The molecule has 1 aromatic rings. The summed E-state index contributed by atoms with van der Waals surface area (Å²) in [5, 5.41) is 2.59. The molecular weight excluding hydrogens is 233 g/mol. The maximum Gasteiger partial charge on any atom is 0.251 e. The fraction of sp³-hybridized carbons (Fsp3) is 0.364. The van der Waals surface area contributed by atoms with Gasteiger partial charge in [-0.1, -0.05) is 0 Å². The van der Waals surface area contributed by atoms with E-state index in [1.54, 1.807) is 0 Å². The van der Waals surface area contributed by atoms with Crippen LogP contribution in [-0.4, -0.2) is 18.0 Å². The molecule has 0 heterocycles. The summed E-state index contributed by atoms with van der Waals surface area (Å²) >= 11 is 0. The number of hydrogen-bond acceptors (Lipinski definition) is 2. The molecule has 1 fully saturated rings. The van der Waals surface area contributed by atoms with Gasteiger partial charge in [-0.3, -0.25) is 4.79 Å². The fourth-order valence-corrected chi connectivity index (χ4v) is 1.53. The largest absolute Gasteiger partial charge is 0.345 e. The Kier molecular flexibility index (Phi) is 2.82. The minimum Gasteiger partial charge on any atom is -0.345 e. The van der Waals surface area contributed by atoms with Crippen LogP contribution >= 0.6 is 0 Å². The number of amides is 1. The molecule has 0 aliphatic heterocycles. The minimum atomic E-state index is -1.58. The number of rotatable bonds is 3. The second-order valence-corrected chi connectivity index (χ2v) is 4.19. The lowest BCUT2D eigenvalue weighted by Crippen LogP contribution is -2.42. The normalized spacial score (nSPS) is 16.7. The van der Waals surface area contributed by atoms with Crippen LogP contribution in [0.15, 0.2) is 12.1 Å². The van der Waals surface area contributed by atoms with Crippen LogP contribution in [0, 0.1) is 17.5 Å². The summed E-state index contributed by atoms with van der Waals surface area (Å²) in [6.45, 7) is 0.269. The Morgan fingerprint density at radius 1 is 1.29 bits per heavy atom. The number of carbonyl (C=O) groups excluding carboxylic acids is 1. The van der Waals surface area contributed by atoms with Crippen molar-refractivity contribution in [1.82, 2.24) is 5.32 Å². The second kappa shape index (κ2) is 4.03. The molecule has 0 radical (unpaired) electrons. The summed E-state index contributed by atoms with van der Waals surface area (Å²) in [5.74, 6) is -4.99. The van der Waals surface area contributed by atoms with Crippen molar-refractivity contribution < 1.29 is 18.0 Å². The first kappa shape index (κ1) is 11.9. The van der Waals surface area contributed by atoms with E-state index >= 15 is 0 Å². The highest BCUT2D eigenvalue weighted by atomic mass is 19.2. The maximum absolute atomic E-state index is 12.9. The van der Waals surface area contributed by atoms with E-state index in [2.05, 4.69) is 5.32 Å². The Hall–Kier alpha value is -1.56. The molecule has 1 aromatic carbocycles. The van der Waals surface area contributed by atoms with Gasteiger partial charge in [-0.2, -0.15) is 0 Å². The van der Waals surface area contributed by atoms with Crippen LogP contribution in [-0.2, 0) is 0 Å². The lowest BCUT2D eigenvalue weighted by molar-refractivity contribution is 0.0932. The first-order valence-electron chi connectivity index (χ1n) is 5.14. The minimum absolute atomic E-state index is 0.249. The quantitative estimate of drug-likeness (QED) is 0.788. The topological polar surface area (TPSA) is 55.1 Å². The van der Waals surface area contributed by atoms with E-state index in [9.17, 15) is 18.0 Å². The average molecular weight is 244 g/mol. The molecular formula is C11H11F3N2O. The Bertz CT molecular complexity index is 449. The van der Waals surface area contributed by atoms with Crippen molar-refractivity contribution in [3.8, 4) is 0 Å². The average Bonchev–Trinajstić information content (AvgIpc) is 3.05. The summed E-state index contributed by atoms with van der Waals surface area (Å²) in [7, 11) is 0. The number of carbonyl (C=O) groups is 1. The molecule has 2 rings (SSSR count). The van der Waals surface area contributed by atoms with Crippen LogP contribution in [0.5, 0.6) is 0 Å². The Morgan fingerprint density at radius 2 is 1.82 bits per heavy atom. The monoisotopic (exact) mass is 244 g/mol. The molecule has 17 heavy (non-hydrogen) atoms. The van der Waals surface area contributed by atoms with E-state index in [1.165, 1.54) is 0 Å². The highest BCUT2D eigenvalue weighted by molar-refractivity contribution is 5.95. The third kappa shape index (κ3) is 2.26. The van der Waals surface area contributed by atoms with Gasteiger partial charge in [0.05, 0.1) is 5.54 Å². The van der Waals surface area contributed by atoms with Crippen molar-refractivity contribution in [2.45, 2.75) is 18.4 Å². The fourth-order valence-electron chi connectivity index (χ4n) is 1.53. The zero-order valence-corrected chi connectivity index (χ0v) is 8.90. The molecule has 0 aromatic heterocycles. The summed E-state index contributed by atoms with van der Waals surface area (Å²) < 4.78 is 38.5. The summed E-state index contributed by atoms with van der Waals surface area (Å²) in [5.41, 5.74) is 4.75. The number of benzene rings is 1. The van der Waals surface area contributed by atoms with E-state index in [0.29, 0.717) is 12.1 Å². The van der Waals surface area contributed by atoms with E-state index in [0.717, 1.165) is 12.8 Å². The lowest BCUT2D eigenvalue weighted by atomic mass is 10.1. The second-order valence-electron chi connectivity index (χ2n) is 4.19. The van der Waals surface area contributed by atoms with Gasteiger partial charge < -0.3 is 11.1 Å². The van der Waals surface area contributed by atoms with E-state index in [1.807, 2.05) is 0 Å². The molecule has 0 atom stereocenters. The van der Waals surface area contributed by atoms with Gasteiger partial charge in [0.25, 0.3) is 5.91 Å². The van der Waals surface area contributed by atoms with Crippen molar-refractivity contribution >= 4 is 5.91 Å². The van der Waals surface area contributed by atoms with Crippen molar-refractivity contribution in [2.24, 2.45) is 5.73 Å². The molecule has 1 saturated carbocycles. The van der Waals surface area contributed by atoms with Crippen LogP contribution in [0.4, 0.5) is 13.2 Å². The van der Waals surface area contributed by atoms with Gasteiger partial charge >= 0.3 is 0 Å². The van der Waals surface area contributed by atoms with Gasteiger partial charge in [-0.05, 0) is 25.0 Å². The number of halogens is 3. The van der Waals surface area contributed by atoms with Crippen LogP contribution in [0.2, 0.25) is 0 Å². The van der Waals surface area contributed by atoms with Crippen LogP contribution in [0.3, 0.4) is 0 Å². The highest BCUT2D eigenvalue weighted by Gasteiger charge is 2.42. The summed E-state index contributed by atoms with van der Waals surface area (Å²) in [6.07, 6.45) is 1.47. The third-order valence-corrected chi connectivity index (χ3v) is 2.87. The lowest BCUT2D eigenvalue weighted by Gasteiger charge is -2.14. The predicted octanol–water partition coefficient (Wildman–Crippen LogP) is 1.33. The Balaban J connectivity index is 2.20. The van der Waals surface area contributed by atoms with Crippen molar-refractivity contribution in [3.05, 3.63) is 35.1 Å². The van der Waals surface area contributed by atoms with Crippen LogP contribution < -0.4 is 11.1 Å². The Morgan fingerprint density at radius 3 is 2.24 bits per heavy atom. The molecule has 6 heteroatoms. The number of hydrogen-bond donors (Lipinski definition) is 2. The van der Waals surface area contributed by atoms with Crippen molar-refractivity contribution in [1.29, 1.82) is 0 Å². The van der Waals surface area contributed by atoms with Gasteiger partial charge in [-0.25, -0.2) is 13.2 Å². The highest BCUT2D eigenvalue weighted by Crippen LogP contribution is 2.34. The molecule has 0 unspecified atom stereocenters. The molecule has 1 aliphatic carbocycles. The summed E-state index contributed by atoms with van der Waals surface area (Å²) in [6, 6.07) is 1.33. The predicted molar refractivity (Wildman–Crippen MR) is 54.8 cm³/mol. The smallest absolute Gasteiger partial charge is 0.251 e. The van der Waals surface area contributed by atoms with E-state index in [4.69, 9.17) is 5.73 Å². The van der Waals surface area contributed by atoms with E-state index in [-0.39, 0.29) is 12.1 Å². The first-order chi connectivity index (χ1) is 7.97. The number of nitrogens with two attached hydrogens (primary N) is 1. The number of nitrogens with one attached hydrogen (secondary N) is 1. The van der Waals surface area contributed by atoms with Crippen molar-refractivity contribution in [2.75, 3.05) is 6.54 Å². The molecule has 3 nitrogen and oxygen atoms in total. The van der Waals surface area contributed by atoms with Gasteiger partial charge in [0.1, 0.15) is 0 Å². The molecule has 3 N–H and O–H groups in total.